The summed E-state index contributed by atoms with van der Waals surface area (Å²) in [5.41, 5.74) is 5.83. The van der Waals surface area contributed by atoms with Crippen molar-refractivity contribution in [2.75, 3.05) is 12.3 Å². The van der Waals surface area contributed by atoms with E-state index in [2.05, 4.69) is 39.9 Å². The van der Waals surface area contributed by atoms with Gasteiger partial charge in [-0.15, -0.1) is 5.92 Å². The number of nitrogen functional groups attached to an aromatic ring is 1. The predicted molar refractivity (Wildman–Crippen MR) is 112 cm³/mol. The van der Waals surface area contributed by atoms with Crippen LogP contribution in [0.4, 0.5) is 5.95 Å². The molecule has 0 spiro atoms. The number of imidazole rings is 1. The minimum absolute atomic E-state index is 0.0386. The normalized spacial score (nSPS) is 30.0. The standard InChI is InChI=1S/C13H17ClN5O12P3/c1-2-3-13(14)9(20)8(5-28-33(24,25)31-34(26,27)30-32(21,22)23)29-11(13)19-6-17-7-4-16-12(15)18-10(7)19/h4,6,8-9,11,20H,5H2,1H3,(H,24,25)(H,26,27)(H2,15,16,18)(H2,21,22,23)/t8-,9+,11-,13?/m1/s1/i5D2. The molecule has 21 heteroatoms. The lowest BCUT2D eigenvalue weighted by Gasteiger charge is -2.25. The van der Waals surface area contributed by atoms with Crippen LogP contribution in [0.25, 0.3) is 11.2 Å². The SMILES string of the molecule is [2H]C([2H])(OP(=O)(O)OP(=O)(O)OP(=O)(O)O)[C@H]1O[C@@H](n2cnc3cnc(N)nc32)C(Cl)(C#CC)[C@H]1O. The van der Waals surface area contributed by atoms with Crippen LogP contribution in [0, 0.1) is 11.8 Å². The lowest BCUT2D eigenvalue weighted by atomic mass is 9.99. The van der Waals surface area contributed by atoms with Crippen molar-refractivity contribution in [2.45, 2.75) is 30.2 Å². The van der Waals surface area contributed by atoms with Crippen LogP contribution in [0.5, 0.6) is 0 Å². The molecular weight excluding hydrogens is 547 g/mol. The Balaban J connectivity index is 1.95. The molecule has 1 saturated heterocycles. The molecule has 3 unspecified atom stereocenters. The summed E-state index contributed by atoms with van der Waals surface area (Å²) < 4.78 is 68.5. The molecule has 6 atom stereocenters. The number of alkyl halides is 1. The van der Waals surface area contributed by atoms with Crippen molar-refractivity contribution < 1.29 is 59.0 Å². The molecule has 34 heavy (non-hydrogen) atoms. The highest BCUT2D eigenvalue weighted by molar-refractivity contribution is 7.66. The smallest absolute Gasteiger partial charge is 0.387 e. The number of nitrogens with two attached hydrogens (primary N) is 1. The Morgan fingerprint density at radius 2 is 1.97 bits per heavy atom. The van der Waals surface area contributed by atoms with Gasteiger partial charge in [0.15, 0.2) is 16.7 Å². The number of phosphoric ester groups is 1. The van der Waals surface area contributed by atoms with E-state index >= 15 is 0 Å². The van der Waals surface area contributed by atoms with Crippen LogP contribution in [-0.4, -0.2) is 67.8 Å². The van der Waals surface area contributed by atoms with Crippen molar-refractivity contribution in [3.05, 3.63) is 12.5 Å². The molecule has 2 aromatic heterocycles. The topological polar surface area (TPSA) is 259 Å². The Labute approximate surface area is 198 Å². The molecule has 0 aliphatic carbocycles. The number of rotatable bonds is 8. The maximum atomic E-state index is 12.2. The minimum Gasteiger partial charge on any atom is -0.387 e. The molecule has 188 valence electrons. The number of aliphatic hydroxyl groups is 1. The van der Waals surface area contributed by atoms with Gasteiger partial charge in [-0.05, 0) is 6.92 Å². The van der Waals surface area contributed by atoms with Crippen molar-refractivity contribution in [3.8, 4) is 11.8 Å². The van der Waals surface area contributed by atoms with Crippen LogP contribution in [0.15, 0.2) is 12.5 Å². The predicted octanol–water partition coefficient (Wildman–Crippen LogP) is 0.0110. The Morgan fingerprint density at radius 3 is 2.59 bits per heavy atom. The van der Waals surface area contributed by atoms with E-state index in [1.54, 1.807) is 0 Å². The first-order valence-electron chi connectivity index (χ1n) is 9.56. The molecule has 0 amide bonds. The van der Waals surface area contributed by atoms with Gasteiger partial charge in [-0.1, -0.05) is 17.5 Å². The average molecular weight is 566 g/mol. The number of halogens is 1. The van der Waals surface area contributed by atoms with Gasteiger partial charge in [-0.2, -0.15) is 13.6 Å². The number of phosphoric acid groups is 3. The van der Waals surface area contributed by atoms with E-state index in [0.29, 0.717) is 0 Å². The van der Waals surface area contributed by atoms with Crippen molar-refractivity contribution >= 4 is 52.2 Å². The van der Waals surface area contributed by atoms with Crippen molar-refractivity contribution in [3.63, 3.8) is 0 Å². The van der Waals surface area contributed by atoms with Gasteiger partial charge in [0.25, 0.3) is 0 Å². The number of ether oxygens (including phenoxy) is 1. The third-order valence-electron chi connectivity index (χ3n) is 3.96. The summed E-state index contributed by atoms with van der Waals surface area (Å²) in [6.07, 6.45) is -3.48. The number of anilines is 1. The van der Waals surface area contributed by atoms with E-state index in [-0.39, 0.29) is 17.1 Å². The minimum atomic E-state index is -5.97. The number of aliphatic hydroxyl groups excluding tert-OH is 1. The van der Waals surface area contributed by atoms with Gasteiger partial charge in [0.05, 0.1) is 21.8 Å². The average Bonchev–Trinajstić information content (AvgIpc) is 3.17. The fourth-order valence-electron chi connectivity index (χ4n) is 2.79. The molecule has 1 aliphatic heterocycles. The second kappa shape index (κ2) is 9.53. The zero-order valence-electron chi connectivity index (χ0n) is 18.6. The maximum absolute atomic E-state index is 12.2. The highest BCUT2D eigenvalue weighted by atomic mass is 35.5. The van der Waals surface area contributed by atoms with Crippen LogP contribution in [0.2, 0.25) is 0 Å². The zero-order chi connectivity index (χ0) is 27.3. The Hall–Kier alpha value is -1.47. The molecule has 3 heterocycles. The van der Waals surface area contributed by atoms with Crippen LogP contribution >= 0.6 is 35.1 Å². The van der Waals surface area contributed by atoms with Crippen LogP contribution < -0.4 is 5.73 Å². The molecular formula is C13H17ClN5O12P3. The van der Waals surface area contributed by atoms with E-state index in [1.807, 2.05) is 0 Å². The van der Waals surface area contributed by atoms with E-state index in [9.17, 15) is 28.6 Å². The van der Waals surface area contributed by atoms with Gasteiger partial charge in [0, 0.05) is 0 Å². The third kappa shape index (κ3) is 6.01. The molecule has 7 N–H and O–H groups in total. The highest BCUT2D eigenvalue weighted by Crippen LogP contribution is 2.66. The van der Waals surface area contributed by atoms with Gasteiger partial charge < -0.3 is 35.2 Å². The summed E-state index contributed by atoms with van der Waals surface area (Å²) >= 11 is 6.52. The Bertz CT molecular complexity index is 1380. The molecule has 17 nitrogen and oxygen atoms in total. The lowest BCUT2D eigenvalue weighted by molar-refractivity contribution is -0.0428. The third-order valence-corrected chi connectivity index (χ3v) is 8.12. The first-order chi connectivity index (χ1) is 16.3. The fourth-order valence-corrected chi connectivity index (χ4v) is 6.03. The summed E-state index contributed by atoms with van der Waals surface area (Å²) in [7, 11) is -17.6. The van der Waals surface area contributed by atoms with E-state index in [1.165, 1.54) is 13.1 Å². The summed E-state index contributed by atoms with van der Waals surface area (Å²) in [4.78, 5) is 45.8. The molecule has 0 radical (unpaired) electrons. The fraction of sp³-hybridized carbons (Fsp3) is 0.462. The van der Waals surface area contributed by atoms with Gasteiger partial charge in [0.2, 0.25) is 5.95 Å². The Kier molecular flexibility index (Phi) is 6.79. The second-order valence-corrected chi connectivity index (χ2v) is 11.4. The summed E-state index contributed by atoms with van der Waals surface area (Å²) in [5, 5.41) is 10.8. The first-order valence-corrected chi connectivity index (χ1v) is 13.5. The largest absolute Gasteiger partial charge is 0.490 e. The second-order valence-electron chi connectivity index (χ2n) is 6.39. The first kappa shape index (κ1) is 24.2. The zero-order valence-corrected chi connectivity index (χ0v) is 20.0. The van der Waals surface area contributed by atoms with E-state index in [4.69, 9.17) is 34.6 Å². The van der Waals surface area contributed by atoms with Gasteiger partial charge in [-0.25, -0.2) is 23.7 Å². The lowest BCUT2D eigenvalue weighted by Crippen LogP contribution is -2.41. The highest BCUT2D eigenvalue weighted by Gasteiger charge is 2.56. The molecule has 0 bridgehead atoms. The molecule has 1 fully saturated rings. The summed E-state index contributed by atoms with van der Waals surface area (Å²) in [5.74, 6) is 4.72. The molecule has 3 rings (SSSR count). The number of fused-ring (bicyclic) bond motifs is 1. The van der Waals surface area contributed by atoms with Gasteiger partial charge in [-0.3, -0.25) is 9.09 Å². The maximum Gasteiger partial charge on any atom is 0.490 e. The monoisotopic (exact) mass is 565 g/mol. The Morgan fingerprint density at radius 1 is 1.29 bits per heavy atom. The van der Waals surface area contributed by atoms with E-state index in [0.717, 1.165) is 10.9 Å². The van der Waals surface area contributed by atoms with Crippen molar-refractivity contribution in [2.24, 2.45) is 0 Å². The number of hydrogen-bond donors (Lipinski definition) is 6. The van der Waals surface area contributed by atoms with Crippen LogP contribution in [0.3, 0.4) is 0 Å². The molecule has 1 aliphatic rings. The number of aromatic nitrogens is 4. The number of nitrogens with zero attached hydrogens (tertiary/aromatic N) is 4. The number of hydrogen-bond acceptors (Lipinski definition) is 12. The molecule has 0 saturated carbocycles. The quantitative estimate of drug-likeness (QED) is 0.140. The van der Waals surface area contributed by atoms with Crippen LogP contribution in [-0.2, 0) is 31.6 Å². The molecule has 0 aromatic carbocycles. The van der Waals surface area contributed by atoms with Gasteiger partial charge >= 0.3 is 23.5 Å². The van der Waals surface area contributed by atoms with E-state index < -0.39 is 53.3 Å². The van der Waals surface area contributed by atoms with Crippen molar-refractivity contribution in [1.82, 2.24) is 19.5 Å². The summed E-state index contributed by atoms with van der Waals surface area (Å²) in [6, 6.07) is 0. The molecule has 2 aromatic rings. The summed E-state index contributed by atoms with van der Waals surface area (Å²) in [6.45, 7) is -2.17. The van der Waals surface area contributed by atoms with Crippen LogP contribution in [0.1, 0.15) is 15.9 Å². The van der Waals surface area contributed by atoms with Gasteiger partial charge in [0.1, 0.15) is 17.7 Å². The van der Waals surface area contributed by atoms with Crippen molar-refractivity contribution in [1.29, 1.82) is 0 Å².